The van der Waals surface area contributed by atoms with Gasteiger partial charge in [-0.25, -0.2) is 8.42 Å². The number of piperazine rings is 1. The van der Waals surface area contributed by atoms with Crippen LogP contribution in [0.15, 0.2) is 9.42 Å². The molecule has 1 aromatic rings. The molecule has 156 valence electrons. The van der Waals surface area contributed by atoms with Crippen LogP contribution in [0.5, 0.6) is 0 Å². The van der Waals surface area contributed by atoms with Gasteiger partial charge in [0.05, 0.1) is 6.67 Å². The fourth-order valence-electron chi connectivity index (χ4n) is 3.81. The molecule has 0 atom stereocenters. The van der Waals surface area contributed by atoms with Gasteiger partial charge in [0.25, 0.3) is 0 Å². The summed E-state index contributed by atoms with van der Waals surface area (Å²) in [5.74, 6) is -0.0128. The van der Waals surface area contributed by atoms with E-state index in [0.717, 1.165) is 6.42 Å². The summed E-state index contributed by atoms with van der Waals surface area (Å²) in [6.07, 6.45) is 1.53. The maximum Gasteiger partial charge on any atom is 0.248 e. The van der Waals surface area contributed by atoms with Crippen LogP contribution in [-0.4, -0.2) is 72.3 Å². The Morgan fingerprint density at radius 1 is 1.07 bits per heavy atom. The first-order valence-corrected chi connectivity index (χ1v) is 11.0. The highest BCUT2D eigenvalue weighted by molar-refractivity contribution is 7.89. The van der Waals surface area contributed by atoms with Crippen molar-refractivity contribution >= 4 is 21.8 Å². The highest BCUT2D eigenvalue weighted by Gasteiger charge is 2.40. The second-order valence-electron chi connectivity index (χ2n) is 8.05. The van der Waals surface area contributed by atoms with Crippen molar-refractivity contribution in [2.24, 2.45) is 5.41 Å². The number of amides is 2. The average Bonchev–Trinajstić information content (AvgIpc) is 2.98. The molecule has 0 unspecified atom stereocenters. The van der Waals surface area contributed by atoms with Crippen LogP contribution in [0.4, 0.5) is 0 Å². The number of carbonyl (C=O) groups is 2. The van der Waals surface area contributed by atoms with Crippen LogP contribution in [-0.2, 0) is 19.6 Å². The molecule has 3 heterocycles. The number of imide groups is 1. The summed E-state index contributed by atoms with van der Waals surface area (Å²) in [7, 11) is -3.67. The van der Waals surface area contributed by atoms with E-state index < -0.39 is 10.0 Å². The van der Waals surface area contributed by atoms with Crippen molar-refractivity contribution in [1.29, 1.82) is 0 Å². The van der Waals surface area contributed by atoms with E-state index in [1.807, 2.05) is 18.7 Å². The number of piperidine rings is 1. The molecule has 2 amide bonds. The Balaban J connectivity index is 1.62. The predicted octanol–water partition coefficient (Wildman–Crippen LogP) is 1.12. The van der Waals surface area contributed by atoms with Gasteiger partial charge in [-0.2, -0.15) is 4.31 Å². The highest BCUT2D eigenvalue weighted by atomic mass is 32.2. The molecule has 9 nitrogen and oxygen atoms in total. The Kier molecular flexibility index (Phi) is 5.66. The van der Waals surface area contributed by atoms with Crippen molar-refractivity contribution in [2.45, 2.75) is 51.9 Å². The standard InChI is InChI=1S/C18H28N4O5S/c1-5-18(4)10-15(23)22(16(24)11-18)12-20-6-8-21(9-7-20)28(25,26)17-13(2)19-27-14(17)3/h5-12H2,1-4H3. The molecule has 0 N–H and O–H groups in total. The first kappa shape index (κ1) is 20.9. The van der Waals surface area contributed by atoms with Crippen LogP contribution in [0.25, 0.3) is 0 Å². The van der Waals surface area contributed by atoms with Crippen molar-refractivity contribution in [3.8, 4) is 0 Å². The molecule has 0 saturated carbocycles. The van der Waals surface area contributed by atoms with E-state index in [2.05, 4.69) is 5.16 Å². The van der Waals surface area contributed by atoms with Gasteiger partial charge >= 0.3 is 0 Å². The molecule has 0 aromatic carbocycles. The summed E-state index contributed by atoms with van der Waals surface area (Å²) in [5, 5.41) is 3.73. The third kappa shape index (κ3) is 3.85. The van der Waals surface area contributed by atoms with Gasteiger partial charge < -0.3 is 4.52 Å². The summed E-state index contributed by atoms with van der Waals surface area (Å²) in [6.45, 7) is 8.85. The van der Waals surface area contributed by atoms with E-state index in [1.165, 1.54) is 9.21 Å². The molecular formula is C18H28N4O5S. The van der Waals surface area contributed by atoms with Gasteiger partial charge in [-0.1, -0.05) is 19.0 Å². The topological polar surface area (TPSA) is 104 Å². The van der Waals surface area contributed by atoms with E-state index >= 15 is 0 Å². The fraction of sp³-hybridized carbons (Fsp3) is 0.722. The molecule has 0 bridgehead atoms. The lowest BCUT2D eigenvalue weighted by Crippen LogP contribution is -2.55. The molecule has 2 aliphatic heterocycles. The maximum atomic E-state index is 12.9. The van der Waals surface area contributed by atoms with Crippen LogP contribution in [0, 0.1) is 19.3 Å². The summed E-state index contributed by atoms with van der Waals surface area (Å²) in [6, 6.07) is 0. The number of aromatic nitrogens is 1. The Labute approximate surface area is 165 Å². The summed E-state index contributed by atoms with van der Waals surface area (Å²) in [5.41, 5.74) is 0.0922. The number of carbonyl (C=O) groups excluding carboxylic acids is 2. The van der Waals surface area contributed by atoms with Gasteiger partial charge in [0.15, 0.2) is 5.76 Å². The third-order valence-electron chi connectivity index (χ3n) is 5.85. The summed E-state index contributed by atoms with van der Waals surface area (Å²) in [4.78, 5) is 28.3. The summed E-state index contributed by atoms with van der Waals surface area (Å²) < 4.78 is 32.2. The number of sulfonamides is 1. The molecule has 28 heavy (non-hydrogen) atoms. The Bertz CT molecular complexity index is 833. The normalized spacial score (nSPS) is 22.1. The molecule has 0 spiro atoms. The number of likely N-dealkylation sites (tertiary alicyclic amines) is 1. The number of hydrogen-bond donors (Lipinski definition) is 0. The molecule has 10 heteroatoms. The van der Waals surface area contributed by atoms with Gasteiger partial charge in [-0.15, -0.1) is 0 Å². The number of nitrogens with zero attached hydrogens (tertiary/aromatic N) is 4. The zero-order valence-corrected chi connectivity index (χ0v) is 17.7. The number of rotatable bonds is 5. The summed E-state index contributed by atoms with van der Waals surface area (Å²) >= 11 is 0. The van der Waals surface area contributed by atoms with Crippen molar-refractivity contribution < 1.29 is 22.5 Å². The molecule has 3 rings (SSSR count). The molecule has 1 aromatic heterocycles. The molecular weight excluding hydrogens is 384 g/mol. The second-order valence-corrected chi connectivity index (χ2v) is 9.92. The lowest BCUT2D eigenvalue weighted by molar-refractivity contribution is -0.156. The minimum absolute atomic E-state index is 0.126. The van der Waals surface area contributed by atoms with Gasteiger partial charge in [-0.3, -0.25) is 19.4 Å². The Hall–Kier alpha value is -1.78. The third-order valence-corrected chi connectivity index (χ3v) is 7.99. The van der Waals surface area contributed by atoms with E-state index in [1.54, 1.807) is 13.8 Å². The quantitative estimate of drug-likeness (QED) is 0.668. The van der Waals surface area contributed by atoms with Crippen molar-refractivity contribution in [2.75, 3.05) is 32.8 Å². The smallest absolute Gasteiger partial charge is 0.248 e. The van der Waals surface area contributed by atoms with Gasteiger partial charge in [0.1, 0.15) is 10.6 Å². The van der Waals surface area contributed by atoms with Crippen LogP contribution in [0.3, 0.4) is 0 Å². The largest absolute Gasteiger partial charge is 0.360 e. The molecule has 0 aliphatic carbocycles. The number of aryl methyl sites for hydroxylation is 2. The van der Waals surface area contributed by atoms with Gasteiger partial charge in [0, 0.05) is 39.0 Å². The minimum Gasteiger partial charge on any atom is -0.360 e. The fourth-order valence-corrected chi connectivity index (χ4v) is 5.53. The van der Waals surface area contributed by atoms with Crippen LogP contribution in [0.2, 0.25) is 0 Å². The lowest BCUT2D eigenvalue weighted by Gasteiger charge is -2.40. The molecule has 0 radical (unpaired) electrons. The Morgan fingerprint density at radius 2 is 1.64 bits per heavy atom. The van der Waals surface area contributed by atoms with Crippen LogP contribution < -0.4 is 0 Å². The highest BCUT2D eigenvalue weighted by Crippen LogP contribution is 2.35. The monoisotopic (exact) mass is 412 g/mol. The SMILES string of the molecule is CCC1(C)CC(=O)N(CN2CCN(S(=O)(=O)c3c(C)noc3C)CC2)C(=O)C1. The minimum atomic E-state index is -3.67. The first-order chi connectivity index (χ1) is 13.1. The zero-order valence-electron chi connectivity index (χ0n) is 16.9. The van der Waals surface area contributed by atoms with Gasteiger partial charge in [0.2, 0.25) is 21.8 Å². The maximum absolute atomic E-state index is 12.9. The van der Waals surface area contributed by atoms with E-state index in [9.17, 15) is 18.0 Å². The Morgan fingerprint density at radius 3 is 2.11 bits per heavy atom. The zero-order chi connectivity index (χ0) is 20.7. The first-order valence-electron chi connectivity index (χ1n) is 9.56. The molecule has 2 aliphatic rings. The van der Waals surface area contributed by atoms with E-state index in [-0.39, 0.29) is 47.6 Å². The number of hydrogen-bond acceptors (Lipinski definition) is 7. The van der Waals surface area contributed by atoms with E-state index in [4.69, 9.17) is 4.52 Å². The van der Waals surface area contributed by atoms with Crippen LogP contribution >= 0.6 is 0 Å². The second kappa shape index (κ2) is 7.57. The van der Waals surface area contributed by atoms with Crippen molar-refractivity contribution in [3.05, 3.63) is 11.5 Å². The predicted molar refractivity (Wildman–Crippen MR) is 101 cm³/mol. The molecule has 2 fully saturated rings. The van der Waals surface area contributed by atoms with Crippen molar-refractivity contribution in [1.82, 2.24) is 19.3 Å². The average molecular weight is 413 g/mol. The van der Waals surface area contributed by atoms with Crippen LogP contribution in [0.1, 0.15) is 44.6 Å². The van der Waals surface area contributed by atoms with Gasteiger partial charge in [-0.05, 0) is 25.7 Å². The van der Waals surface area contributed by atoms with E-state index in [0.29, 0.717) is 31.6 Å². The molecule has 2 saturated heterocycles. The lowest BCUT2D eigenvalue weighted by atomic mass is 9.77. The van der Waals surface area contributed by atoms with Crippen molar-refractivity contribution in [3.63, 3.8) is 0 Å².